The fraction of sp³-hybridized carbons (Fsp3) is 0.292. The van der Waals surface area contributed by atoms with E-state index in [1.807, 2.05) is 12.3 Å². The van der Waals surface area contributed by atoms with Gasteiger partial charge in [0.05, 0.1) is 0 Å². The monoisotopic (exact) mass is 340 g/mol. The Labute approximate surface area is 155 Å². The summed E-state index contributed by atoms with van der Waals surface area (Å²) in [5.41, 5.74) is 4.39. The Morgan fingerprint density at radius 2 is 1.42 bits per heavy atom. The van der Waals surface area contributed by atoms with Crippen LogP contribution in [-0.4, -0.2) is 29.5 Å². The summed E-state index contributed by atoms with van der Waals surface area (Å²) in [6.07, 6.45) is 3.17. The maximum atomic E-state index is 4.53. The van der Waals surface area contributed by atoms with Crippen molar-refractivity contribution < 1.29 is 0 Å². The molecule has 1 aliphatic heterocycles. The molecule has 2 aromatic carbocycles. The lowest BCUT2D eigenvalue weighted by molar-refractivity contribution is 0.136. The molecule has 1 saturated carbocycles. The Bertz CT molecular complexity index is 815. The first kappa shape index (κ1) is 15.8. The zero-order chi connectivity index (χ0) is 17.4. The second kappa shape index (κ2) is 6.37. The van der Waals surface area contributed by atoms with Gasteiger partial charge in [-0.05, 0) is 35.6 Å². The van der Waals surface area contributed by atoms with E-state index in [-0.39, 0.29) is 5.41 Å². The van der Waals surface area contributed by atoms with Crippen molar-refractivity contribution in [1.82, 2.24) is 9.88 Å². The van der Waals surface area contributed by atoms with Gasteiger partial charge in [-0.15, -0.1) is 0 Å². The number of benzene rings is 2. The van der Waals surface area contributed by atoms with E-state index >= 15 is 0 Å². The lowest BCUT2D eigenvalue weighted by atomic mass is 9.85. The molecule has 130 valence electrons. The molecular formula is C24H24N2. The summed E-state index contributed by atoms with van der Waals surface area (Å²) in [5, 5.41) is 0. The van der Waals surface area contributed by atoms with E-state index in [1.54, 1.807) is 0 Å². The number of likely N-dealkylation sites (tertiary alicyclic amines) is 1. The first-order valence-electron chi connectivity index (χ1n) is 9.60. The summed E-state index contributed by atoms with van der Waals surface area (Å²) in [6, 6.07) is 28.4. The lowest BCUT2D eigenvalue weighted by Gasteiger charge is -2.39. The van der Waals surface area contributed by atoms with Gasteiger partial charge in [0.1, 0.15) is 0 Å². The molecule has 5 rings (SSSR count). The van der Waals surface area contributed by atoms with Crippen LogP contribution >= 0.6 is 0 Å². The lowest BCUT2D eigenvalue weighted by Crippen LogP contribution is -2.46. The van der Waals surface area contributed by atoms with E-state index in [4.69, 9.17) is 0 Å². The third-order valence-electron chi connectivity index (χ3n) is 6.22. The second-order valence-corrected chi connectivity index (χ2v) is 7.77. The molecule has 2 heteroatoms. The van der Waals surface area contributed by atoms with Crippen LogP contribution in [0.5, 0.6) is 0 Å². The number of pyridine rings is 1. The zero-order valence-electron chi connectivity index (χ0n) is 15.0. The fourth-order valence-electron chi connectivity index (χ4n) is 4.73. The number of hydrogen-bond acceptors (Lipinski definition) is 2. The molecule has 0 amide bonds. The normalized spacial score (nSPS) is 21.9. The number of hydrogen-bond donors (Lipinski definition) is 0. The van der Waals surface area contributed by atoms with Crippen molar-refractivity contribution in [1.29, 1.82) is 0 Å². The van der Waals surface area contributed by atoms with Gasteiger partial charge >= 0.3 is 0 Å². The molecule has 0 N–H and O–H groups in total. The van der Waals surface area contributed by atoms with Crippen LogP contribution < -0.4 is 0 Å². The Morgan fingerprint density at radius 1 is 0.808 bits per heavy atom. The van der Waals surface area contributed by atoms with Gasteiger partial charge in [0.25, 0.3) is 0 Å². The molecule has 1 aromatic heterocycles. The molecule has 26 heavy (non-hydrogen) atoms. The van der Waals surface area contributed by atoms with E-state index in [2.05, 4.69) is 82.7 Å². The van der Waals surface area contributed by atoms with E-state index in [0.29, 0.717) is 11.8 Å². The maximum Gasteiger partial charge on any atom is 0.0460 e. The summed E-state index contributed by atoms with van der Waals surface area (Å²) in [4.78, 5) is 7.14. The van der Waals surface area contributed by atoms with Gasteiger partial charge in [-0.3, -0.25) is 4.98 Å². The third kappa shape index (κ3) is 2.65. The van der Waals surface area contributed by atoms with Gasteiger partial charge in [0.15, 0.2) is 0 Å². The molecule has 2 aliphatic rings. The summed E-state index contributed by atoms with van der Waals surface area (Å²) in [5.74, 6) is 1.31. The molecule has 0 spiro atoms. The fourth-order valence-corrected chi connectivity index (χ4v) is 4.73. The van der Waals surface area contributed by atoms with E-state index in [0.717, 1.165) is 13.1 Å². The number of rotatable bonds is 5. The minimum absolute atomic E-state index is 0.207. The minimum atomic E-state index is 0.207. The van der Waals surface area contributed by atoms with E-state index in [1.165, 1.54) is 29.8 Å². The highest BCUT2D eigenvalue weighted by atomic mass is 15.2. The molecule has 2 nitrogen and oxygen atoms in total. The smallest absolute Gasteiger partial charge is 0.0460 e. The van der Waals surface area contributed by atoms with Gasteiger partial charge in [-0.1, -0.05) is 66.7 Å². The third-order valence-corrected chi connectivity index (χ3v) is 6.22. The van der Waals surface area contributed by atoms with Crippen molar-refractivity contribution in [2.24, 2.45) is 5.92 Å². The molecular weight excluding hydrogens is 316 g/mol. The van der Waals surface area contributed by atoms with Crippen molar-refractivity contribution in [2.75, 3.05) is 19.6 Å². The van der Waals surface area contributed by atoms with E-state index < -0.39 is 0 Å². The topological polar surface area (TPSA) is 16.1 Å². The Kier molecular flexibility index (Phi) is 3.86. The van der Waals surface area contributed by atoms with Gasteiger partial charge < -0.3 is 4.90 Å². The highest BCUT2D eigenvalue weighted by molar-refractivity contribution is 5.47. The highest BCUT2D eigenvalue weighted by Crippen LogP contribution is 2.59. The SMILES string of the molecule is c1ccc(C2(c3ccccc3)C[C@@H]2CN2CC(c3ccccn3)C2)cc1. The summed E-state index contributed by atoms with van der Waals surface area (Å²) in [6.45, 7) is 3.48. The molecule has 1 aliphatic carbocycles. The van der Waals surface area contributed by atoms with Crippen LogP contribution in [0.4, 0.5) is 0 Å². The molecule has 0 radical (unpaired) electrons. The summed E-state index contributed by atoms with van der Waals surface area (Å²) >= 11 is 0. The molecule has 0 bridgehead atoms. The maximum absolute atomic E-state index is 4.53. The average molecular weight is 340 g/mol. The van der Waals surface area contributed by atoms with Crippen molar-refractivity contribution in [3.8, 4) is 0 Å². The van der Waals surface area contributed by atoms with Crippen LogP contribution in [0.2, 0.25) is 0 Å². The van der Waals surface area contributed by atoms with Gasteiger partial charge in [0, 0.05) is 42.9 Å². The van der Waals surface area contributed by atoms with Crippen LogP contribution in [0.15, 0.2) is 85.1 Å². The largest absolute Gasteiger partial charge is 0.302 e. The second-order valence-electron chi connectivity index (χ2n) is 7.77. The molecule has 2 heterocycles. The molecule has 2 fully saturated rings. The van der Waals surface area contributed by atoms with Crippen LogP contribution in [0.1, 0.15) is 29.2 Å². The van der Waals surface area contributed by atoms with E-state index in [9.17, 15) is 0 Å². The van der Waals surface area contributed by atoms with Crippen LogP contribution in [0, 0.1) is 5.92 Å². The van der Waals surface area contributed by atoms with Crippen molar-refractivity contribution in [3.63, 3.8) is 0 Å². The zero-order valence-corrected chi connectivity index (χ0v) is 15.0. The molecule has 3 aromatic rings. The van der Waals surface area contributed by atoms with Crippen LogP contribution in [-0.2, 0) is 5.41 Å². The first-order valence-corrected chi connectivity index (χ1v) is 9.60. The summed E-state index contributed by atoms with van der Waals surface area (Å²) in [7, 11) is 0. The average Bonchev–Trinajstić information content (AvgIpc) is 3.42. The van der Waals surface area contributed by atoms with Gasteiger partial charge in [-0.2, -0.15) is 0 Å². The number of aromatic nitrogens is 1. The highest BCUT2D eigenvalue weighted by Gasteiger charge is 2.57. The quantitative estimate of drug-likeness (QED) is 0.680. The van der Waals surface area contributed by atoms with Crippen LogP contribution in [0.3, 0.4) is 0 Å². The summed E-state index contributed by atoms with van der Waals surface area (Å²) < 4.78 is 0. The van der Waals surface area contributed by atoms with Crippen molar-refractivity contribution >= 4 is 0 Å². The molecule has 0 unspecified atom stereocenters. The van der Waals surface area contributed by atoms with Crippen molar-refractivity contribution in [2.45, 2.75) is 17.8 Å². The van der Waals surface area contributed by atoms with Crippen molar-refractivity contribution in [3.05, 3.63) is 102 Å². The Balaban J connectivity index is 1.32. The molecule has 1 saturated heterocycles. The van der Waals surface area contributed by atoms with Crippen LogP contribution in [0.25, 0.3) is 0 Å². The Morgan fingerprint density at radius 3 is 2.00 bits per heavy atom. The Hall–Kier alpha value is -2.45. The molecule has 1 atom stereocenters. The minimum Gasteiger partial charge on any atom is -0.302 e. The van der Waals surface area contributed by atoms with Gasteiger partial charge in [0.2, 0.25) is 0 Å². The predicted molar refractivity (Wildman–Crippen MR) is 105 cm³/mol. The first-order chi connectivity index (χ1) is 12.9. The van der Waals surface area contributed by atoms with Gasteiger partial charge in [-0.25, -0.2) is 0 Å². The number of nitrogens with zero attached hydrogens (tertiary/aromatic N) is 2. The predicted octanol–water partition coefficient (Wildman–Crippen LogP) is 4.49. The standard InChI is InChI=1S/C24H24N2/c1-3-9-20(10-4-1)24(21-11-5-2-6-12-21)15-22(24)18-26-16-19(17-26)23-13-7-8-14-25-23/h1-14,19,22H,15-18H2/t22-/m1/s1.